The van der Waals surface area contributed by atoms with Gasteiger partial charge in [0.05, 0.1) is 16.8 Å². The van der Waals surface area contributed by atoms with Crippen molar-refractivity contribution in [2.24, 2.45) is 5.92 Å². The number of hydrogen-bond acceptors (Lipinski definition) is 5. The lowest BCUT2D eigenvalue weighted by molar-refractivity contribution is -0.385. The number of rotatable bonds is 4. The Bertz CT molecular complexity index is 617. The molecule has 1 aliphatic carbocycles. The zero-order valence-corrected chi connectivity index (χ0v) is 11.7. The molecule has 0 aliphatic heterocycles. The van der Waals surface area contributed by atoms with Crippen molar-refractivity contribution in [3.05, 3.63) is 40.3 Å². The molecule has 0 amide bonds. The highest BCUT2D eigenvalue weighted by molar-refractivity contribution is 5.32. The summed E-state index contributed by atoms with van der Waals surface area (Å²) in [6, 6.07) is 3.00. The number of hydrogen-bond donors (Lipinski definition) is 0. The number of pyridine rings is 1. The fraction of sp³-hybridized carbons (Fsp3) is 0.500. The van der Waals surface area contributed by atoms with Gasteiger partial charge in [0, 0.05) is 6.07 Å². The highest BCUT2D eigenvalue weighted by atomic mass is 16.6. The average molecular weight is 287 g/mol. The lowest BCUT2D eigenvalue weighted by Gasteiger charge is -2.19. The molecule has 0 N–H and O–H groups in total. The molecule has 0 saturated heterocycles. The smallest absolute Gasteiger partial charge is 0.258 e. The second-order valence-corrected chi connectivity index (χ2v) is 5.49. The van der Waals surface area contributed by atoms with Gasteiger partial charge in [-0.25, -0.2) is 9.67 Å². The van der Waals surface area contributed by atoms with E-state index >= 15 is 0 Å². The summed E-state index contributed by atoms with van der Waals surface area (Å²) in [5.41, 5.74) is 0.934. The summed E-state index contributed by atoms with van der Waals surface area (Å²) in [5.74, 6) is 1.25. The van der Waals surface area contributed by atoms with Gasteiger partial charge in [0.15, 0.2) is 5.82 Å². The Morgan fingerprint density at radius 2 is 2.10 bits per heavy atom. The zero-order chi connectivity index (χ0) is 14.7. The van der Waals surface area contributed by atoms with Crippen LogP contribution in [0.2, 0.25) is 0 Å². The Morgan fingerprint density at radius 3 is 2.76 bits per heavy atom. The van der Waals surface area contributed by atoms with Crippen LogP contribution >= 0.6 is 0 Å². The van der Waals surface area contributed by atoms with Gasteiger partial charge in [-0.3, -0.25) is 10.1 Å². The van der Waals surface area contributed by atoms with E-state index in [0.717, 1.165) is 12.1 Å². The van der Waals surface area contributed by atoms with Crippen molar-refractivity contribution in [1.29, 1.82) is 0 Å². The molecular formula is C14H17N5O2. The Kier molecular flexibility index (Phi) is 3.89. The van der Waals surface area contributed by atoms with E-state index in [-0.39, 0.29) is 5.69 Å². The van der Waals surface area contributed by atoms with E-state index in [2.05, 4.69) is 15.3 Å². The van der Waals surface area contributed by atoms with Gasteiger partial charge in [-0.1, -0.05) is 37.3 Å². The molecule has 2 heterocycles. The maximum Gasteiger partial charge on any atom is 0.287 e. The standard InChI is InChI=1S/C14H17N5O2/c20-19(21)13-6-7-14(15-9-13)18-10-12(16-17-18)8-11-4-2-1-3-5-11/h6-7,9-11H,1-5,8H2. The van der Waals surface area contributed by atoms with Crippen LogP contribution in [0.4, 0.5) is 5.69 Å². The second-order valence-electron chi connectivity index (χ2n) is 5.49. The summed E-state index contributed by atoms with van der Waals surface area (Å²) in [5, 5.41) is 18.8. The lowest BCUT2D eigenvalue weighted by Crippen LogP contribution is -2.09. The number of nitrogens with zero attached hydrogens (tertiary/aromatic N) is 5. The molecule has 21 heavy (non-hydrogen) atoms. The fourth-order valence-corrected chi connectivity index (χ4v) is 2.81. The van der Waals surface area contributed by atoms with Crippen molar-refractivity contribution in [2.45, 2.75) is 38.5 Å². The van der Waals surface area contributed by atoms with Crippen LogP contribution in [0.5, 0.6) is 0 Å². The molecule has 0 spiro atoms. The zero-order valence-electron chi connectivity index (χ0n) is 11.7. The van der Waals surface area contributed by atoms with E-state index in [1.165, 1.54) is 44.4 Å². The molecule has 7 heteroatoms. The third kappa shape index (κ3) is 3.24. The summed E-state index contributed by atoms with van der Waals surface area (Å²) in [6.07, 6.45) is 10.5. The predicted molar refractivity (Wildman–Crippen MR) is 76.1 cm³/mol. The molecule has 3 rings (SSSR count). The molecular weight excluding hydrogens is 270 g/mol. The number of aromatic nitrogens is 4. The average Bonchev–Trinajstić information content (AvgIpc) is 2.97. The topological polar surface area (TPSA) is 86.7 Å². The summed E-state index contributed by atoms with van der Waals surface area (Å²) >= 11 is 0. The predicted octanol–water partition coefficient (Wildman–Crippen LogP) is 2.69. The second kappa shape index (κ2) is 5.99. The molecule has 110 valence electrons. The van der Waals surface area contributed by atoms with E-state index < -0.39 is 4.92 Å². The van der Waals surface area contributed by atoms with Crippen LogP contribution in [-0.4, -0.2) is 24.9 Å². The van der Waals surface area contributed by atoms with Crippen LogP contribution in [0.15, 0.2) is 24.5 Å². The highest BCUT2D eigenvalue weighted by Crippen LogP contribution is 2.26. The van der Waals surface area contributed by atoms with Crippen LogP contribution in [0.25, 0.3) is 5.82 Å². The maximum atomic E-state index is 10.6. The maximum absolute atomic E-state index is 10.6. The van der Waals surface area contributed by atoms with Gasteiger partial charge >= 0.3 is 0 Å². The first kappa shape index (κ1) is 13.7. The van der Waals surface area contributed by atoms with Crippen molar-refractivity contribution in [3.8, 4) is 5.82 Å². The Morgan fingerprint density at radius 1 is 1.29 bits per heavy atom. The first-order chi connectivity index (χ1) is 10.2. The third-order valence-electron chi connectivity index (χ3n) is 3.94. The van der Waals surface area contributed by atoms with Crippen LogP contribution in [0.1, 0.15) is 37.8 Å². The van der Waals surface area contributed by atoms with Crippen molar-refractivity contribution in [1.82, 2.24) is 20.0 Å². The van der Waals surface area contributed by atoms with Crippen LogP contribution < -0.4 is 0 Å². The van der Waals surface area contributed by atoms with Gasteiger partial charge in [0.2, 0.25) is 0 Å². The third-order valence-corrected chi connectivity index (χ3v) is 3.94. The van der Waals surface area contributed by atoms with Gasteiger partial charge in [-0.05, 0) is 18.4 Å². The normalized spacial score (nSPS) is 16.0. The van der Waals surface area contributed by atoms with Gasteiger partial charge in [-0.15, -0.1) is 5.10 Å². The molecule has 2 aromatic rings. The Balaban J connectivity index is 1.70. The van der Waals surface area contributed by atoms with Crippen LogP contribution in [-0.2, 0) is 6.42 Å². The van der Waals surface area contributed by atoms with E-state index in [1.807, 2.05) is 6.20 Å². The SMILES string of the molecule is O=[N+]([O-])c1ccc(-n2cc(CC3CCCCC3)nn2)nc1. The number of nitro groups is 1. The van der Waals surface area contributed by atoms with E-state index in [1.54, 1.807) is 10.7 Å². The van der Waals surface area contributed by atoms with Crippen LogP contribution in [0, 0.1) is 16.0 Å². The van der Waals surface area contributed by atoms with Gasteiger partial charge in [-0.2, -0.15) is 0 Å². The molecule has 7 nitrogen and oxygen atoms in total. The van der Waals surface area contributed by atoms with Crippen molar-refractivity contribution in [3.63, 3.8) is 0 Å². The van der Waals surface area contributed by atoms with Gasteiger partial charge < -0.3 is 0 Å². The Hall–Kier alpha value is -2.31. The lowest BCUT2D eigenvalue weighted by atomic mass is 9.86. The minimum Gasteiger partial charge on any atom is -0.258 e. The molecule has 1 aliphatic rings. The molecule has 0 aromatic carbocycles. The molecule has 0 bridgehead atoms. The highest BCUT2D eigenvalue weighted by Gasteiger charge is 2.16. The summed E-state index contributed by atoms with van der Waals surface area (Å²) in [7, 11) is 0. The minimum absolute atomic E-state index is 0.0266. The van der Waals surface area contributed by atoms with Gasteiger partial charge in [0.25, 0.3) is 5.69 Å². The minimum atomic E-state index is -0.466. The van der Waals surface area contributed by atoms with E-state index in [0.29, 0.717) is 11.7 Å². The molecule has 1 fully saturated rings. The first-order valence-corrected chi connectivity index (χ1v) is 7.24. The van der Waals surface area contributed by atoms with E-state index in [4.69, 9.17) is 0 Å². The van der Waals surface area contributed by atoms with Gasteiger partial charge in [0.1, 0.15) is 6.20 Å². The Labute approximate surface area is 122 Å². The monoisotopic (exact) mass is 287 g/mol. The summed E-state index contributed by atoms with van der Waals surface area (Å²) in [6.45, 7) is 0. The molecule has 0 unspecified atom stereocenters. The van der Waals surface area contributed by atoms with Crippen LogP contribution in [0.3, 0.4) is 0 Å². The van der Waals surface area contributed by atoms with Crippen molar-refractivity contribution in [2.75, 3.05) is 0 Å². The van der Waals surface area contributed by atoms with Crippen molar-refractivity contribution < 1.29 is 4.92 Å². The molecule has 1 saturated carbocycles. The molecule has 0 atom stereocenters. The largest absolute Gasteiger partial charge is 0.287 e. The molecule has 0 radical (unpaired) electrons. The van der Waals surface area contributed by atoms with Crippen molar-refractivity contribution >= 4 is 5.69 Å². The van der Waals surface area contributed by atoms with E-state index in [9.17, 15) is 10.1 Å². The fourth-order valence-electron chi connectivity index (χ4n) is 2.81. The summed E-state index contributed by atoms with van der Waals surface area (Å²) in [4.78, 5) is 14.2. The molecule has 2 aromatic heterocycles. The first-order valence-electron chi connectivity index (χ1n) is 7.24. The summed E-state index contributed by atoms with van der Waals surface area (Å²) < 4.78 is 1.57. The quantitative estimate of drug-likeness (QED) is 0.637.